The second-order valence-electron chi connectivity index (χ2n) is 6.24. The van der Waals surface area contributed by atoms with Gasteiger partial charge in [0.05, 0.1) is 25.0 Å². The zero-order valence-electron chi connectivity index (χ0n) is 14.1. The van der Waals surface area contributed by atoms with Gasteiger partial charge < -0.3 is 19.9 Å². The molecule has 5 nitrogen and oxygen atoms in total. The molecule has 0 radical (unpaired) electrons. The standard InChI is InChI=1S/C18H25BrN4O/c1-24-10-9-23-7-5-16(6-8-23)20-13-18-21-12-17(22-18)14-3-2-4-15(19)11-14/h2-4,11-12,16,20H,5-10,13H2,1H3,(H,21,22). The lowest BCUT2D eigenvalue weighted by atomic mass is 10.1. The molecule has 1 fully saturated rings. The van der Waals surface area contributed by atoms with Gasteiger partial charge in [-0.1, -0.05) is 28.1 Å². The fourth-order valence-corrected chi connectivity index (χ4v) is 3.48. The van der Waals surface area contributed by atoms with Crippen molar-refractivity contribution < 1.29 is 4.74 Å². The number of hydrogen-bond acceptors (Lipinski definition) is 4. The number of nitrogens with zero attached hydrogens (tertiary/aromatic N) is 2. The van der Waals surface area contributed by atoms with Gasteiger partial charge in [-0.25, -0.2) is 4.98 Å². The van der Waals surface area contributed by atoms with Crippen LogP contribution in [0, 0.1) is 0 Å². The molecule has 1 aliphatic heterocycles. The van der Waals surface area contributed by atoms with E-state index in [1.807, 2.05) is 18.3 Å². The Morgan fingerprint density at radius 1 is 1.38 bits per heavy atom. The molecule has 2 aromatic rings. The van der Waals surface area contributed by atoms with E-state index in [1.165, 1.54) is 12.8 Å². The van der Waals surface area contributed by atoms with Crippen LogP contribution in [0.4, 0.5) is 0 Å². The van der Waals surface area contributed by atoms with Crippen LogP contribution in [-0.2, 0) is 11.3 Å². The largest absolute Gasteiger partial charge is 0.383 e. The molecule has 1 aromatic carbocycles. The van der Waals surface area contributed by atoms with Crippen molar-refractivity contribution in [2.75, 3.05) is 33.4 Å². The van der Waals surface area contributed by atoms with Crippen LogP contribution in [0.3, 0.4) is 0 Å². The first kappa shape index (κ1) is 17.6. The monoisotopic (exact) mass is 392 g/mol. The molecule has 2 heterocycles. The highest BCUT2D eigenvalue weighted by molar-refractivity contribution is 9.10. The van der Waals surface area contributed by atoms with E-state index in [1.54, 1.807) is 7.11 Å². The van der Waals surface area contributed by atoms with Gasteiger partial charge in [0.1, 0.15) is 5.82 Å². The predicted octanol–water partition coefficient (Wildman–Crippen LogP) is 3.04. The summed E-state index contributed by atoms with van der Waals surface area (Å²) in [5, 5.41) is 3.63. The third kappa shape index (κ3) is 4.89. The summed E-state index contributed by atoms with van der Waals surface area (Å²) < 4.78 is 6.23. The smallest absolute Gasteiger partial charge is 0.120 e. The summed E-state index contributed by atoms with van der Waals surface area (Å²) in [7, 11) is 1.76. The number of piperidine rings is 1. The van der Waals surface area contributed by atoms with Crippen LogP contribution >= 0.6 is 15.9 Å². The first-order valence-electron chi connectivity index (χ1n) is 8.49. The molecule has 0 bridgehead atoms. The lowest BCUT2D eigenvalue weighted by Gasteiger charge is -2.32. The molecule has 1 aromatic heterocycles. The van der Waals surface area contributed by atoms with Crippen molar-refractivity contribution in [3.8, 4) is 11.3 Å². The Hall–Kier alpha value is -1.21. The zero-order valence-corrected chi connectivity index (χ0v) is 15.7. The van der Waals surface area contributed by atoms with Crippen molar-refractivity contribution in [1.82, 2.24) is 20.2 Å². The molecule has 0 spiro atoms. The van der Waals surface area contributed by atoms with Crippen molar-refractivity contribution in [2.45, 2.75) is 25.4 Å². The second-order valence-corrected chi connectivity index (χ2v) is 7.16. The van der Waals surface area contributed by atoms with Crippen molar-refractivity contribution in [1.29, 1.82) is 0 Å². The van der Waals surface area contributed by atoms with Crippen LogP contribution in [0.1, 0.15) is 18.7 Å². The Labute approximate surface area is 151 Å². The van der Waals surface area contributed by atoms with E-state index in [-0.39, 0.29) is 0 Å². The van der Waals surface area contributed by atoms with E-state index in [0.717, 1.165) is 54.3 Å². The van der Waals surface area contributed by atoms with Crippen molar-refractivity contribution in [3.63, 3.8) is 0 Å². The maximum Gasteiger partial charge on any atom is 0.120 e. The number of halogens is 1. The van der Waals surface area contributed by atoms with Gasteiger partial charge in [-0.15, -0.1) is 0 Å². The van der Waals surface area contributed by atoms with Gasteiger partial charge in [0.25, 0.3) is 0 Å². The van der Waals surface area contributed by atoms with E-state index in [2.05, 4.69) is 48.2 Å². The molecule has 130 valence electrons. The minimum atomic E-state index is 0.572. The number of rotatable bonds is 7. The van der Waals surface area contributed by atoms with E-state index in [9.17, 15) is 0 Å². The van der Waals surface area contributed by atoms with Gasteiger partial charge in [-0.05, 0) is 38.1 Å². The van der Waals surface area contributed by atoms with Crippen LogP contribution in [0.25, 0.3) is 11.3 Å². The average Bonchev–Trinajstić information content (AvgIpc) is 3.08. The molecular formula is C18H25BrN4O. The quantitative estimate of drug-likeness (QED) is 0.760. The maximum absolute atomic E-state index is 5.15. The van der Waals surface area contributed by atoms with Crippen LogP contribution in [0.2, 0.25) is 0 Å². The number of hydrogen-bond donors (Lipinski definition) is 2. The molecule has 6 heteroatoms. The number of nitrogens with one attached hydrogen (secondary N) is 2. The van der Waals surface area contributed by atoms with E-state index >= 15 is 0 Å². The molecule has 24 heavy (non-hydrogen) atoms. The van der Waals surface area contributed by atoms with Gasteiger partial charge in [0.15, 0.2) is 0 Å². The fraction of sp³-hybridized carbons (Fsp3) is 0.500. The SMILES string of the molecule is COCCN1CCC(NCc2ncc(-c3cccc(Br)c3)[nH]2)CC1. The topological polar surface area (TPSA) is 53.2 Å². The Kier molecular flexibility index (Phi) is 6.43. The minimum absolute atomic E-state index is 0.572. The molecule has 0 amide bonds. The molecule has 1 aliphatic rings. The summed E-state index contributed by atoms with van der Waals surface area (Å²) in [6.07, 6.45) is 4.28. The van der Waals surface area contributed by atoms with Crippen molar-refractivity contribution in [3.05, 3.63) is 40.8 Å². The summed E-state index contributed by atoms with van der Waals surface area (Å²) in [5.41, 5.74) is 2.21. The van der Waals surface area contributed by atoms with Crippen molar-refractivity contribution >= 4 is 15.9 Å². The minimum Gasteiger partial charge on any atom is -0.383 e. The first-order chi connectivity index (χ1) is 11.7. The van der Waals surface area contributed by atoms with Gasteiger partial charge in [-0.2, -0.15) is 0 Å². The van der Waals surface area contributed by atoms with Gasteiger partial charge in [-0.3, -0.25) is 0 Å². The summed E-state index contributed by atoms with van der Waals surface area (Å²) in [6.45, 7) is 4.93. The molecule has 0 saturated carbocycles. The molecule has 2 N–H and O–H groups in total. The summed E-state index contributed by atoms with van der Waals surface area (Å²) >= 11 is 3.51. The highest BCUT2D eigenvalue weighted by Gasteiger charge is 2.18. The van der Waals surface area contributed by atoms with Crippen LogP contribution in [0.15, 0.2) is 34.9 Å². The Morgan fingerprint density at radius 2 is 2.21 bits per heavy atom. The second kappa shape index (κ2) is 8.76. The lowest BCUT2D eigenvalue weighted by Crippen LogP contribution is -2.43. The number of imidazole rings is 1. The summed E-state index contributed by atoms with van der Waals surface area (Å²) in [6, 6.07) is 8.82. The van der Waals surface area contributed by atoms with Gasteiger partial charge in [0, 0.05) is 29.7 Å². The third-order valence-electron chi connectivity index (χ3n) is 4.52. The number of H-pyrrole nitrogens is 1. The average molecular weight is 393 g/mol. The Morgan fingerprint density at radius 3 is 2.96 bits per heavy atom. The number of aromatic nitrogens is 2. The fourth-order valence-electron chi connectivity index (χ4n) is 3.08. The van der Waals surface area contributed by atoms with Crippen LogP contribution in [-0.4, -0.2) is 54.3 Å². The molecule has 0 atom stereocenters. The first-order valence-corrected chi connectivity index (χ1v) is 9.28. The van der Waals surface area contributed by atoms with E-state index < -0.39 is 0 Å². The number of likely N-dealkylation sites (tertiary alicyclic amines) is 1. The van der Waals surface area contributed by atoms with E-state index in [0.29, 0.717) is 6.04 Å². The van der Waals surface area contributed by atoms with Crippen LogP contribution in [0.5, 0.6) is 0 Å². The Balaban J connectivity index is 1.46. The number of benzene rings is 1. The molecule has 0 aliphatic carbocycles. The predicted molar refractivity (Wildman–Crippen MR) is 99.9 cm³/mol. The number of ether oxygens (including phenoxy) is 1. The lowest BCUT2D eigenvalue weighted by molar-refractivity contribution is 0.126. The Bertz CT molecular complexity index is 637. The molecule has 1 saturated heterocycles. The highest BCUT2D eigenvalue weighted by Crippen LogP contribution is 2.21. The molecule has 3 rings (SSSR count). The number of methoxy groups -OCH3 is 1. The molecule has 0 unspecified atom stereocenters. The van der Waals surface area contributed by atoms with Crippen molar-refractivity contribution in [2.24, 2.45) is 0 Å². The van der Waals surface area contributed by atoms with Crippen LogP contribution < -0.4 is 5.32 Å². The number of aromatic amines is 1. The zero-order chi connectivity index (χ0) is 16.8. The highest BCUT2D eigenvalue weighted by atomic mass is 79.9. The van der Waals surface area contributed by atoms with E-state index in [4.69, 9.17) is 4.74 Å². The normalized spacial score (nSPS) is 16.6. The third-order valence-corrected chi connectivity index (χ3v) is 5.01. The maximum atomic E-state index is 5.15. The molecular weight excluding hydrogens is 368 g/mol. The summed E-state index contributed by atoms with van der Waals surface area (Å²) in [4.78, 5) is 10.4. The summed E-state index contributed by atoms with van der Waals surface area (Å²) in [5.74, 6) is 0.992. The van der Waals surface area contributed by atoms with Gasteiger partial charge in [0.2, 0.25) is 0 Å². The van der Waals surface area contributed by atoms with Gasteiger partial charge >= 0.3 is 0 Å².